The van der Waals surface area contributed by atoms with Gasteiger partial charge in [-0.15, -0.1) is 0 Å². The minimum absolute atomic E-state index is 0.178. The number of allylic oxidation sites excluding steroid dienone is 2. The van der Waals surface area contributed by atoms with E-state index >= 15 is 0 Å². The van der Waals surface area contributed by atoms with Gasteiger partial charge in [0.2, 0.25) is 0 Å². The number of esters is 2. The number of phosphoric acid groups is 1. The standard InChI is InChI=1S/C37H71O10P/c1-3-5-7-9-11-13-15-16-17-19-21-23-25-27-29-37(41)47-35(33-46-48(42,43)45-31-34(39)30-38)32-44-36(40)28-26-24-22-20-18-14-12-10-8-6-4-2/h15-16,34-35,38-39H,3-14,17-33H2,1-2H3,(H,42,43)/b16-15-/t34-,35+/m0/s1. The van der Waals surface area contributed by atoms with E-state index in [0.717, 1.165) is 57.8 Å². The van der Waals surface area contributed by atoms with E-state index in [1.807, 2.05) is 0 Å². The summed E-state index contributed by atoms with van der Waals surface area (Å²) in [6, 6.07) is 0. The van der Waals surface area contributed by atoms with Crippen molar-refractivity contribution in [3.8, 4) is 0 Å². The molecule has 0 aliphatic heterocycles. The van der Waals surface area contributed by atoms with Crippen LogP contribution in [0, 0.1) is 0 Å². The van der Waals surface area contributed by atoms with E-state index in [1.165, 1.54) is 77.0 Å². The number of aliphatic hydroxyl groups excluding tert-OH is 2. The number of ether oxygens (including phenoxy) is 2. The summed E-state index contributed by atoms with van der Waals surface area (Å²) in [5, 5.41) is 18.3. The third kappa shape index (κ3) is 33.2. The Morgan fingerprint density at radius 1 is 0.604 bits per heavy atom. The molecular formula is C37H71O10P. The Morgan fingerprint density at radius 2 is 1.02 bits per heavy atom. The lowest BCUT2D eigenvalue weighted by Crippen LogP contribution is -2.29. The smallest absolute Gasteiger partial charge is 0.462 e. The Labute approximate surface area is 292 Å². The van der Waals surface area contributed by atoms with E-state index in [9.17, 15) is 24.2 Å². The van der Waals surface area contributed by atoms with Crippen molar-refractivity contribution in [2.24, 2.45) is 0 Å². The number of phosphoric ester groups is 1. The normalized spacial score (nSPS) is 14.2. The molecule has 0 radical (unpaired) electrons. The molecule has 0 aliphatic rings. The van der Waals surface area contributed by atoms with Crippen molar-refractivity contribution >= 4 is 19.8 Å². The maximum atomic E-state index is 12.5. The molecule has 284 valence electrons. The maximum Gasteiger partial charge on any atom is 0.472 e. The zero-order chi connectivity index (χ0) is 35.6. The molecule has 0 rings (SSSR count). The van der Waals surface area contributed by atoms with Crippen molar-refractivity contribution in [2.75, 3.05) is 26.4 Å². The van der Waals surface area contributed by atoms with Crippen molar-refractivity contribution < 1.29 is 47.8 Å². The highest BCUT2D eigenvalue weighted by Crippen LogP contribution is 2.43. The van der Waals surface area contributed by atoms with E-state index in [2.05, 4.69) is 30.5 Å². The average Bonchev–Trinajstić information content (AvgIpc) is 3.07. The van der Waals surface area contributed by atoms with E-state index in [0.29, 0.717) is 12.8 Å². The fourth-order valence-electron chi connectivity index (χ4n) is 5.16. The minimum atomic E-state index is -4.61. The Hall–Kier alpha value is -1.29. The second-order valence-corrected chi connectivity index (χ2v) is 14.4. The number of aliphatic hydroxyl groups is 2. The first-order valence-electron chi connectivity index (χ1n) is 19.1. The summed E-state index contributed by atoms with van der Waals surface area (Å²) in [5.74, 6) is -0.931. The predicted molar refractivity (Wildman–Crippen MR) is 192 cm³/mol. The third-order valence-electron chi connectivity index (χ3n) is 8.17. The first kappa shape index (κ1) is 46.7. The molecular weight excluding hydrogens is 635 g/mol. The van der Waals surface area contributed by atoms with Gasteiger partial charge >= 0.3 is 19.8 Å². The molecule has 0 aliphatic carbocycles. The van der Waals surface area contributed by atoms with Gasteiger partial charge in [-0.3, -0.25) is 18.6 Å². The van der Waals surface area contributed by atoms with Crippen LogP contribution in [0.2, 0.25) is 0 Å². The highest BCUT2D eigenvalue weighted by molar-refractivity contribution is 7.47. The van der Waals surface area contributed by atoms with Crippen LogP contribution in [-0.2, 0) is 32.7 Å². The topological polar surface area (TPSA) is 149 Å². The zero-order valence-corrected chi connectivity index (χ0v) is 31.4. The maximum absolute atomic E-state index is 12.5. The molecule has 11 heteroatoms. The van der Waals surface area contributed by atoms with Crippen LogP contribution in [-0.4, -0.2) is 65.7 Å². The van der Waals surface area contributed by atoms with Gasteiger partial charge in [0, 0.05) is 12.8 Å². The van der Waals surface area contributed by atoms with E-state index in [-0.39, 0.29) is 19.4 Å². The van der Waals surface area contributed by atoms with Gasteiger partial charge in [0.25, 0.3) is 0 Å². The van der Waals surface area contributed by atoms with Crippen molar-refractivity contribution in [2.45, 2.75) is 187 Å². The molecule has 0 bridgehead atoms. The summed E-state index contributed by atoms with van der Waals surface area (Å²) in [7, 11) is -4.61. The quantitative estimate of drug-likeness (QED) is 0.0249. The van der Waals surface area contributed by atoms with E-state index in [4.69, 9.17) is 19.1 Å². The van der Waals surface area contributed by atoms with Crippen LogP contribution in [0.1, 0.15) is 174 Å². The third-order valence-corrected chi connectivity index (χ3v) is 9.12. The largest absolute Gasteiger partial charge is 0.472 e. The van der Waals surface area contributed by atoms with Crippen LogP contribution in [0.15, 0.2) is 12.2 Å². The Bertz CT molecular complexity index is 822. The molecule has 0 aromatic rings. The highest BCUT2D eigenvalue weighted by Gasteiger charge is 2.27. The molecule has 0 aromatic heterocycles. The second-order valence-electron chi connectivity index (χ2n) is 13.0. The zero-order valence-electron chi connectivity index (χ0n) is 30.5. The summed E-state index contributed by atoms with van der Waals surface area (Å²) in [5.41, 5.74) is 0. The molecule has 0 spiro atoms. The Balaban J connectivity index is 4.37. The van der Waals surface area contributed by atoms with Crippen LogP contribution in [0.4, 0.5) is 0 Å². The summed E-state index contributed by atoms with van der Waals surface area (Å²) in [6.45, 7) is 2.35. The first-order chi connectivity index (χ1) is 23.2. The minimum Gasteiger partial charge on any atom is -0.462 e. The fourth-order valence-corrected chi connectivity index (χ4v) is 5.95. The molecule has 0 aromatic carbocycles. The van der Waals surface area contributed by atoms with Crippen LogP contribution < -0.4 is 0 Å². The van der Waals surface area contributed by atoms with Crippen molar-refractivity contribution in [3.63, 3.8) is 0 Å². The lowest BCUT2D eigenvalue weighted by molar-refractivity contribution is -0.161. The van der Waals surface area contributed by atoms with Gasteiger partial charge < -0.3 is 24.6 Å². The number of hydrogen-bond donors (Lipinski definition) is 3. The molecule has 0 fully saturated rings. The number of carbonyl (C=O) groups excluding carboxylic acids is 2. The monoisotopic (exact) mass is 706 g/mol. The number of unbranched alkanes of at least 4 members (excludes halogenated alkanes) is 20. The number of carbonyl (C=O) groups is 2. The number of hydrogen-bond acceptors (Lipinski definition) is 9. The van der Waals surface area contributed by atoms with Crippen LogP contribution >= 0.6 is 7.82 Å². The fraction of sp³-hybridized carbons (Fsp3) is 0.892. The van der Waals surface area contributed by atoms with Gasteiger partial charge in [-0.1, -0.05) is 135 Å². The van der Waals surface area contributed by atoms with Gasteiger partial charge in [0.15, 0.2) is 6.10 Å². The van der Waals surface area contributed by atoms with Crippen molar-refractivity contribution in [1.29, 1.82) is 0 Å². The molecule has 0 saturated heterocycles. The Kier molecular flexibility index (Phi) is 33.3. The van der Waals surface area contributed by atoms with Crippen molar-refractivity contribution in [3.05, 3.63) is 12.2 Å². The highest BCUT2D eigenvalue weighted by atomic mass is 31.2. The number of rotatable bonds is 36. The summed E-state index contributed by atoms with van der Waals surface area (Å²) in [4.78, 5) is 34.8. The molecule has 0 saturated carbocycles. The molecule has 3 N–H and O–H groups in total. The van der Waals surface area contributed by atoms with Gasteiger partial charge in [-0.25, -0.2) is 4.57 Å². The van der Waals surface area contributed by atoms with Crippen LogP contribution in [0.3, 0.4) is 0 Å². The lowest BCUT2D eigenvalue weighted by Gasteiger charge is -2.20. The molecule has 1 unspecified atom stereocenters. The van der Waals surface area contributed by atoms with Crippen LogP contribution in [0.25, 0.3) is 0 Å². The van der Waals surface area contributed by atoms with E-state index < -0.39 is 51.8 Å². The average molecular weight is 707 g/mol. The summed E-state index contributed by atoms with van der Waals surface area (Å²) < 4.78 is 32.5. The van der Waals surface area contributed by atoms with Gasteiger partial charge in [-0.05, 0) is 38.5 Å². The second kappa shape index (κ2) is 34.2. The van der Waals surface area contributed by atoms with Crippen LogP contribution in [0.5, 0.6) is 0 Å². The summed E-state index contributed by atoms with van der Waals surface area (Å²) in [6.07, 6.45) is 28.9. The molecule has 3 atom stereocenters. The van der Waals surface area contributed by atoms with Gasteiger partial charge in [0.05, 0.1) is 19.8 Å². The summed E-state index contributed by atoms with van der Waals surface area (Å²) >= 11 is 0. The predicted octanol–water partition coefficient (Wildman–Crippen LogP) is 9.28. The first-order valence-corrected chi connectivity index (χ1v) is 20.6. The SMILES string of the molecule is CCCCCCC/C=C\CCCCCCCC(=O)O[C@H](COC(=O)CCCCCCCCCCCCC)COP(=O)(O)OC[C@@H](O)CO. The lowest BCUT2D eigenvalue weighted by atomic mass is 10.1. The Morgan fingerprint density at radius 3 is 1.50 bits per heavy atom. The van der Waals surface area contributed by atoms with Crippen molar-refractivity contribution in [1.82, 2.24) is 0 Å². The van der Waals surface area contributed by atoms with Gasteiger partial charge in [-0.2, -0.15) is 0 Å². The van der Waals surface area contributed by atoms with E-state index in [1.54, 1.807) is 0 Å². The molecule has 0 heterocycles. The molecule has 48 heavy (non-hydrogen) atoms. The molecule has 10 nitrogen and oxygen atoms in total. The van der Waals surface area contributed by atoms with Gasteiger partial charge in [0.1, 0.15) is 12.7 Å². The molecule has 0 amide bonds.